The molecule has 0 heterocycles. The van der Waals surface area contributed by atoms with Gasteiger partial charge in [0, 0.05) is 22.5 Å². The molecular formula is C17H24N2O2S. The number of anilines is 1. The number of hydrogen-bond donors (Lipinski definition) is 1. The zero-order valence-electron chi connectivity index (χ0n) is 13.5. The Hall–Kier alpha value is -1.33. The van der Waals surface area contributed by atoms with Crippen LogP contribution in [0, 0.1) is 0 Å². The molecule has 0 spiro atoms. The summed E-state index contributed by atoms with van der Waals surface area (Å²) in [5, 5.41) is 3.60. The topological polar surface area (TPSA) is 49.4 Å². The first kappa shape index (κ1) is 17.0. The molecular weight excluding hydrogens is 296 g/mol. The first-order valence-corrected chi connectivity index (χ1v) is 8.92. The summed E-state index contributed by atoms with van der Waals surface area (Å²) in [7, 11) is 2.01. The highest BCUT2D eigenvalue weighted by Gasteiger charge is 2.27. The van der Waals surface area contributed by atoms with Gasteiger partial charge in [-0.05, 0) is 51.6 Å². The fourth-order valence-electron chi connectivity index (χ4n) is 2.90. The van der Waals surface area contributed by atoms with E-state index >= 15 is 0 Å². The number of likely N-dealkylation sites (N-methyl/N-ethyl adjacent to an activating group) is 1. The Bertz CT molecular complexity index is 547. The molecule has 1 aliphatic carbocycles. The van der Waals surface area contributed by atoms with Gasteiger partial charge in [-0.2, -0.15) is 11.8 Å². The van der Waals surface area contributed by atoms with Crippen molar-refractivity contribution in [3.8, 4) is 0 Å². The van der Waals surface area contributed by atoms with E-state index in [-0.39, 0.29) is 11.7 Å². The average molecular weight is 320 g/mol. The van der Waals surface area contributed by atoms with Crippen LogP contribution in [0.1, 0.15) is 36.5 Å². The second-order valence-electron chi connectivity index (χ2n) is 5.92. The Labute approximate surface area is 136 Å². The number of carbonyl (C=O) groups excluding carboxylic acids is 2. The first-order chi connectivity index (χ1) is 10.5. The van der Waals surface area contributed by atoms with E-state index in [2.05, 4.69) is 16.5 Å². The molecule has 5 heteroatoms. The molecule has 4 nitrogen and oxygen atoms in total. The molecule has 2 atom stereocenters. The van der Waals surface area contributed by atoms with Crippen LogP contribution in [-0.2, 0) is 4.79 Å². The summed E-state index contributed by atoms with van der Waals surface area (Å²) in [6.45, 7) is 1.91. The molecule has 1 aromatic carbocycles. The van der Waals surface area contributed by atoms with Crippen molar-refractivity contribution in [2.24, 2.45) is 0 Å². The lowest BCUT2D eigenvalue weighted by molar-refractivity contribution is -0.117. The molecule has 1 amide bonds. The van der Waals surface area contributed by atoms with Crippen molar-refractivity contribution >= 4 is 29.1 Å². The lowest BCUT2D eigenvalue weighted by atomic mass is 10.1. The van der Waals surface area contributed by atoms with Crippen LogP contribution in [0.2, 0.25) is 0 Å². The Morgan fingerprint density at radius 2 is 2.14 bits per heavy atom. The van der Waals surface area contributed by atoms with Gasteiger partial charge in [-0.1, -0.05) is 12.1 Å². The molecule has 0 saturated heterocycles. The van der Waals surface area contributed by atoms with E-state index in [0.717, 1.165) is 18.1 Å². The van der Waals surface area contributed by atoms with Gasteiger partial charge in [0.25, 0.3) is 0 Å². The minimum absolute atomic E-state index is 0.00211. The van der Waals surface area contributed by atoms with Crippen molar-refractivity contribution in [3.63, 3.8) is 0 Å². The van der Waals surface area contributed by atoms with Crippen LogP contribution in [0.5, 0.6) is 0 Å². The number of benzene rings is 1. The van der Waals surface area contributed by atoms with Crippen LogP contribution >= 0.6 is 11.8 Å². The number of thioether (sulfide) groups is 1. The fourth-order valence-corrected chi connectivity index (χ4v) is 3.69. The van der Waals surface area contributed by atoms with E-state index < -0.39 is 0 Å². The number of ketones is 1. The van der Waals surface area contributed by atoms with Gasteiger partial charge in [0.1, 0.15) is 0 Å². The number of rotatable bonds is 6. The summed E-state index contributed by atoms with van der Waals surface area (Å²) in [4.78, 5) is 25.7. The zero-order valence-corrected chi connectivity index (χ0v) is 14.3. The highest BCUT2D eigenvalue weighted by atomic mass is 32.2. The van der Waals surface area contributed by atoms with Crippen LogP contribution in [0.25, 0.3) is 0 Å². The van der Waals surface area contributed by atoms with Crippen molar-refractivity contribution < 1.29 is 9.59 Å². The third-order valence-electron chi connectivity index (χ3n) is 4.26. The highest BCUT2D eigenvalue weighted by molar-refractivity contribution is 7.99. The van der Waals surface area contributed by atoms with Gasteiger partial charge in [-0.25, -0.2) is 0 Å². The van der Waals surface area contributed by atoms with Gasteiger partial charge < -0.3 is 5.32 Å². The molecule has 0 unspecified atom stereocenters. The summed E-state index contributed by atoms with van der Waals surface area (Å²) in [5.74, 6) is -0.0296. The molecule has 1 fully saturated rings. The largest absolute Gasteiger partial charge is 0.325 e. The minimum atomic E-state index is -0.0317. The normalized spacial score (nSPS) is 21.1. The van der Waals surface area contributed by atoms with Crippen molar-refractivity contribution in [1.29, 1.82) is 0 Å². The standard InChI is InChI=1S/C17H24N2O2S/c1-12(20)13-5-4-6-14(9-13)18-17(21)11-19(2)15-7-8-16(10-15)22-3/h4-6,9,15-16H,7-8,10-11H2,1-3H3,(H,18,21)/t15-,16-/m1/s1. The molecule has 1 saturated carbocycles. The third kappa shape index (κ3) is 4.58. The van der Waals surface area contributed by atoms with Crippen molar-refractivity contribution in [2.45, 2.75) is 37.5 Å². The summed E-state index contributed by atoms with van der Waals surface area (Å²) >= 11 is 1.92. The molecule has 0 aromatic heterocycles. The van der Waals surface area contributed by atoms with Crippen LogP contribution in [0.15, 0.2) is 24.3 Å². The zero-order chi connectivity index (χ0) is 16.1. The number of carbonyl (C=O) groups is 2. The molecule has 120 valence electrons. The summed E-state index contributed by atoms with van der Waals surface area (Å²) in [5.41, 5.74) is 1.30. The van der Waals surface area contributed by atoms with E-state index in [1.165, 1.54) is 13.3 Å². The second kappa shape index (κ2) is 7.79. The molecule has 22 heavy (non-hydrogen) atoms. The van der Waals surface area contributed by atoms with Crippen LogP contribution < -0.4 is 5.32 Å². The van der Waals surface area contributed by atoms with Gasteiger partial charge in [-0.3, -0.25) is 14.5 Å². The Kier molecular flexibility index (Phi) is 6.03. The van der Waals surface area contributed by atoms with Crippen molar-refractivity contribution in [1.82, 2.24) is 4.90 Å². The van der Waals surface area contributed by atoms with E-state index in [1.54, 1.807) is 18.2 Å². The quantitative estimate of drug-likeness (QED) is 0.819. The smallest absolute Gasteiger partial charge is 0.238 e. The molecule has 1 N–H and O–H groups in total. The van der Waals surface area contributed by atoms with Crippen molar-refractivity contribution in [3.05, 3.63) is 29.8 Å². The molecule has 2 rings (SSSR count). The number of Topliss-reactive ketones (excluding diaryl/α,β-unsaturated/α-hetero) is 1. The van der Waals surface area contributed by atoms with Crippen molar-refractivity contribution in [2.75, 3.05) is 25.2 Å². The van der Waals surface area contributed by atoms with Gasteiger partial charge >= 0.3 is 0 Å². The van der Waals surface area contributed by atoms with Gasteiger partial charge in [0.05, 0.1) is 6.54 Å². The van der Waals surface area contributed by atoms with E-state index in [1.807, 2.05) is 24.9 Å². The number of nitrogens with one attached hydrogen (secondary N) is 1. The predicted molar refractivity (Wildman–Crippen MR) is 92.6 cm³/mol. The lowest BCUT2D eigenvalue weighted by Gasteiger charge is -2.23. The number of hydrogen-bond acceptors (Lipinski definition) is 4. The minimum Gasteiger partial charge on any atom is -0.325 e. The lowest BCUT2D eigenvalue weighted by Crippen LogP contribution is -2.36. The number of amides is 1. The summed E-state index contributed by atoms with van der Waals surface area (Å²) in [6.07, 6.45) is 5.71. The van der Waals surface area contributed by atoms with Crippen LogP contribution in [0.4, 0.5) is 5.69 Å². The Morgan fingerprint density at radius 3 is 2.77 bits per heavy atom. The molecule has 0 bridgehead atoms. The van der Waals surface area contributed by atoms with Gasteiger partial charge in [0.15, 0.2) is 5.78 Å². The maximum atomic E-state index is 12.2. The van der Waals surface area contributed by atoms with Gasteiger partial charge in [0.2, 0.25) is 5.91 Å². The SMILES string of the molecule is CS[C@@H]1CC[C@@H](N(C)CC(=O)Nc2cccc(C(C)=O)c2)C1. The number of nitrogens with zero attached hydrogens (tertiary/aromatic N) is 1. The van der Waals surface area contributed by atoms with E-state index in [9.17, 15) is 9.59 Å². The summed E-state index contributed by atoms with van der Waals surface area (Å²) < 4.78 is 0. The maximum absolute atomic E-state index is 12.2. The fraction of sp³-hybridized carbons (Fsp3) is 0.529. The Balaban J connectivity index is 1.87. The molecule has 0 radical (unpaired) electrons. The highest BCUT2D eigenvalue weighted by Crippen LogP contribution is 2.30. The Morgan fingerprint density at radius 1 is 1.36 bits per heavy atom. The molecule has 1 aromatic rings. The van der Waals surface area contributed by atoms with Crippen LogP contribution in [-0.4, -0.2) is 47.7 Å². The van der Waals surface area contributed by atoms with E-state index in [0.29, 0.717) is 23.8 Å². The van der Waals surface area contributed by atoms with Crippen LogP contribution in [0.3, 0.4) is 0 Å². The average Bonchev–Trinajstić information content (AvgIpc) is 2.96. The van der Waals surface area contributed by atoms with E-state index in [4.69, 9.17) is 0 Å². The second-order valence-corrected chi connectivity index (χ2v) is 7.06. The third-order valence-corrected chi connectivity index (χ3v) is 5.35. The molecule has 0 aliphatic heterocycles. The molecule has 1 aliphatic rings. The predicted octanol–water partition coefficient (Wildman–Crippen LogP) is 3.04. The van der Waals surface area contributed by atoms with Gasteiger partial charge in [-0.15, -0.1) is 0 Å². The maximum Gasteiger partial charge on any atom is 0.238 e. The monoisotopic (exact) mass is 320 g/mol. The first-order valence-electron chi connectivity index (χ1n) is 7.63. The summed E-state index contributed by atoms with van der Waals surface area (Å²) in [6, 6.07) is 7.57.